The van der Waals surface area contributed by atoms with Crippen molar-refractivity contribution < 1.29 is 19.4 Å². The highest BCUT2D eigenvalue weighted by Crippen LogP contribution is 2.45. The fourth-order valence-corrected chi connectivity index (χ4v) is 5.75. The number of pyridine rings is 1. The molecule has 218 valence electrons. The molecule has 1 atom stereocenters. The highest BCUT2D eigenvalue weighted by Gasteiger charge is 2.54. The molecule has 12 heteroatoms. The maximum absolute atomic E-state index is 13.2. The average Bonchev–Trinajstić information content (AvgIpc) is 3.87. The van der Waals surface area contributed by atoms with Crippen molar-refractivity contribution in [1.29, 1.82) is 0 Å². The zero-order chi connectivity index (χ0) is 28.1. The summed E-state index contributed by atoms with van der Waals surface area (Å²) in [7, 11) is 0. The minimum absolute atomic E-state index is 0.196. The molecule has 1 unspecified atom stereocenters. The molecular weight excluding hydrogens is 555 g/mol. The van der Waals surface area contributed by atoms with Gasteiger partial charge in [-0.3, -0.25) is 4.79 Å². The molecule has 2 aromatic heterocycles. The van der Waals surface area contributed by atoms with E-state index in [0.29, 0.717) is 32.1 Å². The summed E-state index contributed by atoms with van der Waals surface area (Å²) in [6, 6.07) is 4.77. The monoisotopic (exact) mass is 592 g/mol. The summed E-state index contributed by atoms with van der Waals surface area (Å²) in [6.07, 6.45) is 9.02. The largest absolute Gasteiger partial charge is 0.480 e. The highest BCUT2D eigenvalue weighted by molar-refractivity contribution is 6.33. The minimum atomic E-state index is -1.06. The molecule has 2 saturated carbocycles. The van der Waals surface area contributed by atoms with Gasteiger partial charge in [-0.1, -0.05) is 29.3 Å². The standard InChI is InChI=1S/C28H38Cl2N6O4/c29-23-18-24(30)36(34-23)28(11-12-28)27(39)33-22(26(37)38)10-15-35(16-17-40-21-8-9-21)14-2-1-5-20-7-6-19-4-3-13-31-25(19)32-20/h6-7,18,21-22H,1-5,8-17H2,(H,31,32)(H,33,39)(H,37,38). The maximum atomic E-state index is 13.2. The first kappa shape index (κ1) is 29.1. The van der Waals surface area contributed by atoms with Crippen LogP contribution in [-0.2, 0) is 32.7 Å². The number of carboxylic acid groups (broad SMARTS) is 1. The van der Waals surface area contributed by atoms with Crippen LogP contribution in [0.5, 0.6) is 0 Å². The van der Waals surface area contributed by atoms with Gasteiger partial charge in [-0.05, 0) is 82.4 Å². The summed E-state index contributed by atoms with van der Waals surface area (Å²) < 4.78 is 7.27. The van der Waals surface area contributed by atoms with Crippen molar-refractivity contribution in [3.05, 3.63) is 39.8 Å². The third-order valence-electron chi connectivity index (χ3n) is 7.92. The van der Waals surface area contributed by atoms with Crippen molar-refractivity contribution in [2.45, 2.75) is 81.9 Å². The first-order chi connectivity index (χ1) is 19.3. The Morgan fingerprint density at radius 3 is 2.75 bits per heavy atom. The summed E-state index contributed by atoms with van der Waals surface area (Å²) in [5.41, 5.74) is 1.41. The van der Waals surface area contributed by atoms with Gasteiger partial charge in [0, 0.05) is 31.4 Å². The van der Waals surface area contributed by atoms with Crippen LogP contribution in [0.15, 0.2) is 18.2 Å². The number of carbonyl (C=O) groups excluding carboxylic acids is 1. The Hall–Kier alpha value is -2.40. The molecule has 1 aliphatic heterocycles. The van der Waals surface area contributed by atoms with Gasteiger partial charge < -0.3 is 25.4 Å². The van der Waals surface area contributed by atoms with Crippen molar-refractivity contribution in [1.82, 2.24) is 25.0 Å². The zero-order valence-corrected chi connectivity index (χ0v) is 24.2. The number of fused-ring (bicyclic) bond motifs is 1. The lowest BCUT2D eigenvalue weighted by atomic mass is 10.1. The predicted molar refractivity (Wildman–Crippen MR) is 153 cm³/mol. The van der Waals surface area contributed by atoms with Crippen molar-refractivity contribution in [2.24, 2.45) is 0 Å². The molecular formula is C28H38Cl2N6O4. The van der Waals surface area contributed by atoms with Gasteiger partial charge in [0.25, 0.3) is 0 Å². The number of aromatic nitrogens is 3. The molecule has 2 fully saturated rings. The number of hydrogen-bond donors (Lipinski definition) is 3. The van der Waals surface area contributed by atoms with Crippen LogP contribution < -0.4 is 10.6 Å². The smallest absolute Gasteiger partial charge is 0.326 e. The van der Waals surface area contributed by atoms with Crippen molar-refractivity contribution >= 4 is 40.9 Å². The molecule has 2 aliphatic carbocycles. The van der Waals surface area contributed by atoms with Crippen LogP contribution in [0.2, 0.25) is 10.3 Å². The lowest BCUT2D eigenvalue weighted by Crippen LogP contribution is -2.49. The SMILES string of the molecule is O=C(O)C(CCN(CCCCc1ccc2c(n1)NCCC2)CCOC1CC1)NC(=O)C1(n2nc(Cl)cc2Cl)CC1. The van der Waals surface area contributed by atoms with E-state index in [9.17, 15) is 14.7 Å². The zero-order valence-electron chi connectivity index (χ0n) is 22.7. The summed E-state index contributed by atoms with van der Waals surface area (Å²) in [5.74, 6) is -0.428. The Morgan fingerprint density at radius 1 is 1.23 bits per heavy atom. The van der Waals surface area contributed by atoms with E-state index in [1.165, 1.54) is 16.3 Å². The van der Waals surface area contributed by atoms with Crippen molar-refractivity contribution in [2.75, 3.05) is 38.1 Å². The fourth-order valence-electron chi connectivity index (χ4n) is 5.22. The lowest BCUT2D eigenvalue weighted by Gasteiger charge is -2.25. The Morgan fingerprint density at radius 2 is 2.05 bits per heavy atom. The molecule has 3 N–H and O–H groups in total. The van der Waals surface area contributed by atoms with Crippen LogP contribution in [0.1, 0.15) is 62.6 Å². The number of nitrogens with zero attached hydrogens (tertiary/aromatic N) is 4. The number of ether oxygens (including phenoxy) is 1. The van der Waals surface area contributed by atoms with E-state index in [-0.39, 0.29) is 16.7 Å². The summed E-state index contributed by atoms with van der Waals surface area (Å²) in [6.45, 7) is 3.68. The number of hydrogen-bond acceptors (Lipinski definition) is 7. The molecule has 3 aliphatic rings. The number of amides is 1. The molecule has 5 rings (SSSR count). The summed E-state index contributed by atoms with van der Waals surface area (Å²) in [4.78, 5) is 32.3. The van der Waals surface area contributed by atoms with Crippen LogP contribution in [0, 0.1) is 0 Å². The van der Waals surface area contributed by atoms with Gasteiger partial charge >= 0.3 is 5.97 Å². The Labute approximate surface area is 244 Å². The van der Waals surface area contributed by atoms with Crippen LogP contribution in [0.25, 0.3) is 0 Å². The van der Waals surface area contributed by atoms with Gasteiger partial charge in [-0.15, -0.1) is 0 Å². The number of carbonyl (C=O) groups is 2. The lowest BCUT2D eigenvalue weighted by molar-refractivity contribution is -0.143. The highest BCUT2D eigenvalue weighted by atomic mass is 35.5. The summed E-state index contributed by atoms with van der Waals surface area (Å²) >= 11 is 12.2. The first-order valence-electron chi connectivity index (χ1n) is 14.4. The second-order valence-electron chi connectivity index (χ2n) is 11.1. The average molecular weight is 594 g/mol. The number of aliphatic carboxylic acids is 1. The summed E-state index contributed by atoms with van der Waals surface area (Å²) in [5, 5.41) is 20.6. The van der Waals surface area contributed by atoms with Gasteiger partial charge in [0.2, 0.25) is 5.91 Å². The van der Waals surface area contributed by atoms with Gasteiger partial charge in [0.1, 0.15) is 22.6 Å². The van der Waals surface area contributed by atoms with Crippen LogP contribution in [-0.4, -0.2) is 81.6 Å². The van der Waals surface area contributed by atoms with E-state index >= 15 is 0 Å². The van der Waals surface area contributed by atoms with Crippen LogP contribution >= 0.6 is 23.2 Å². The van der Waals surface area contributed by atoms with Crippen LogP contribution in [0.3, 0.4) is 0 Å². The quantitative estimate of drug-likeness (QED) is 0.251. The Bertz CT molecular complexity index is 1200. The molecule has 0 radical (unpaired) electrons. The van der Waals surface area contributed by atoms with E-state index in [1.807, 2.05) is 0 Å². The fraction of sp³-hybridized carbons (Fsp3) is 0.643. The molecule has 0 bridgehead atoms. The molecule has 3 heterocycles. The minimum Gasteiger partial charge on any atom is -0.480 e. The van der Waals surface area contributed by atoms with E-state index in [4.69, 9.17) is 32.9 Å². The Kier molecular flexibility index (Phi) is 9.50. The van der Waals surface area contributed by atoms with Crippen LogP contribution in [0.4, 0.5) is 5.82 Å². The second-order valence-corrected chi connectivity index (χ2v) is 11.9. The molecule has 40 heavy (non-hydrogen) atoms. The number of halogens is 2. The van der Waals surface area contributed by atoms with Gasteiger partial charge in [-0.25, -0.2) is 14.5 Å². The molecule has 1 amide bonds. The number of rotatable bonds is 16. The normalized spacial score (nSPS) is 18.2. The number of aryl methyl sites for hydroxylation is 2. The van der Waals surface area contributed by atoms with E-state index in [1.54, 1.807) is 0 Å². The molecule has 0 spiro atoms. The molecule has 2 aromatic rings. The van der Waals surface area contributed by atoms with E-state index < -0.39 is 23.5 Å². The second kappa shape index (κ2) is 13.1. The van der Waals surface area contributed by atoms with Gasteiger partial charge in [0.15, 0.2) is 5.15 Å². The van der Waals surface area contributed by atoms with Crippen molar-refractivity contribution in [3.63, 3.8) is 0 Å². The molecule has 0 aromatic carbocycles. The number of unbranched alkanes of at least 4 members (excludes halogenated alkanes) is 1. The maximum Gasteiger partial charge on any atom is 0.326 e. The molecule has 10 nitrogen and oxygen atoms in total. The first-order valence-corrected chi connectivity index (χ1v) is 15.1. The third-order valence-corrected chi connectivity index (χ3v) is 8.37. The molecule has 0 saturated heterocycles. The van der Waals surface area contributed by atoms with Crippen molar-refractivity contribution in [3.8, 4) is 0 Å². The predicted octanol–water partition coefficient (Wildman–Crippen LogP) is 3.90. The van der Waals surface area contributed by atoms with Gasteiger partial charge in [-0.2, -0.15) is 5.10 Å². The Balaban J connectivity index is 1.12. The number of nitrogens with one attached hydrogen (secondary N) is 2. The topological polar surface area (TPSA) is 122 Å². The van der Waals surface area contributed by atoms with Gasteiger partial charge in [0.05, 0.1) is 12.7 Å². The third kappa shape index (κ3) is 7.46. The number of carboxylic acids is 1. The number of anilines is 1. The van der Waals surface area contributed by atoms with E-state index in [0.717, 1.165) is 76.1 Å². The van der Waals surface area contributed by atoms with E-state index in [2.05, 4.69) is 32.8 Å².